The number of amides is 1. The first kappa shape index (κ1) is 15.5. The third-order valence-corrected chi connectivity index (χ3v) is 3.07. The SMILES string of the molecule is O=C(N[C@H]1CCNc2ccc(C(F)(F)F)cc21)C(F)(F)F. The number of benzene rings is 1. The quantitative estimate of drug-likeness (QED) is 0.782. The number of carbonyl (C=O) groups is 1. The third kappa shape index (κ3) is 3.40. The van der Waals surface area contributed by atoms with E-state index in [9.17, 15) is 31.1 Å². The molecule has 0 saturated carbocycles. The zero-order chi connectivity index (χ0) is 15.8. The first-order valence-electron chi connectivity index (χ1n) is 5.92. The highest BCUT2D eigenvalue weighted by atomic mass is 19.4. The number of rotatable bonds is 1. The van der Waals surface area contributed by atoms with E-state index in [1.54, 1.807) is 5.32 Å². The van der Waals surface area contributed by atoms with Gasteiger partial charge in [-0.3, -0.25) is 4.79 Å². The van der Waals surface area contributed by atoms with Gasteiger partial charge in [-0.1, -0.05) is 0 Å². The van der Waals surface area contributed by atoms with Crippen LogP contribution in [0, 0.1) is 0 Å². The summed E-state index contributed by atoms with van der Waals surface area (Å²) in [5, 5.41) is 4.51. The first-order chi connectivity index (χ1) is 9.59. The number of fused-ring (bicyclic) bond motifs is 1. The summed E-state index contributed by atoms with van der Waals surface area (Å²) >= 11 is 0. The molecule has 116 valence electrons. The van der Waals surface area contributed by atoms with Crippen molar-refractivity contribution in [3.05, 3.63) is 29.3 Å². The summed E-state index contributed by atoms with van der Waals surface area (Å²) in [5.41, 5.74) is -0.702. The Morgan fingerprint density at radius 1 is 1.19 bits per heavy atom. The fraction of sp³-hybridized carbons (Fsp3) is 0.417. The molecule has 0 fully saturated rings. The largest absolute Gasteiger partial charge is 0.471 e. The van der Waals surface area contributed by atoms with Crippen LogP contribution in [0.15, 0.2) is 18.2 Å². The molecule has 0 bridgehead atoms. The van der Waals surface area contributed by atoms with Gasteiger partial charge in [0.2, 0.25) is 0 Å². The summed E-state index contributed by atoms with van der Waals surface area (Å²) in [4.78, 5) is 10.9. The van der Waals surface area contributed by atoms with Gasteiger partial charge in [-0.15, -0.1) is 0 Å². The maximum atomic E-state index is 12.6. The Balaban J connectivity index is 2.31. The molecule has 1 amide bonds. The zero-order valence-corrected chi connectivity index (χ0v) is 10.4. The van der Waals surface area contributed by atoms with Crippen LogP contribution in [0.5, 0.6) is 0 Å². The van der Waals surface area contributed by atoms with E-state index >= 15 is 0 Å². The van der Waals surface area contributed by atoms with E-state index in [1.165, 1.54) is 0 Å². The highest BCUT2D eigenvalue weighted by molar-refractivity contribution is 5.82. The monoisotopic (exact) mass is 312 g/mol. The molecule has 2 N–H and O–H groups in total. The van der Waals surface area contributed by atoms with Gasteiger partial charge in [-0.2, -0.15) is 26.3 Å². The Kier molecular flexibility index (Phi) is 3.77. The van der Waals surface area contributed by atoms with Gasteiger partial charge in [-0.25, -0.2) is 0 Å². The van der Waals surface area contributed by atoms with E-state index in [4.69, 9.17) is 0 Å². The van der Waals surface area contributed by atoms with Gasteiger partial charge in [0.15, 0.2) is 0 Å². The fourth-order valence-electron chi connectivity index (χ4n) is 2.09. The summed E-state index contributed by atoms with van der Waals surface area (Å²) in [6, 6.07) is 1.62. The Hall–Kier alpha value is -1.93. The van der Waals surface area contributed by atoms with E-state index < -0.39 is 29.9 Å². The van der Waals surface area contributed by atoms with E-state index in [0.29, 0.717) is 0 Å². The summed E-state index contributed by atoms with van der Waals surface area (Å²) in [5.74, 6) is -2.17. The molecular weight excluding hydrogens is 302 g/mol. The van der Waals surface area contributed by atoms with Crippen molar-refractivity contribution in [2.24, 2.45) is 0 Å². The maximum absolute atomic E-state index is 12.6. The first-order valence-corrected chi connectivity index (χ1v) is 5.92. The van der Waals surface area contributed by atoms with Crippen molar-refractivity contribution in [1.82, 2.24) is 5.32 Å². The molecule has 0 saturated heterocycles. The van der Waals surface area contributed by atoms with E-state index in [2.05, 4.69) is 5.32 Å². The highest BCUT2D eigenvalue weighted by Crippen LogP contribution is 2.36. The van der Waals surface area contributed by atoms with Gasteiger partial charge in [0.25, 0.3) is 0 Å². The van der Waals surface area contributed by atoms with Crippen LogP contribution in [-0.4, -0.2) is 18.6 Å². The van der Waals surface area contributed by atoms with Crippen LogP contribution in [0.3, 0.4) is 0 Å². The molecule has 1 aliphatic heterocycles. The Bertz CT molecular complexity index is 552. The van der Waals surface area contributed by atoms with Gasteiger partial charge < -0.3 is 10.6 Å². The van der Waals surface area contributed by atoms with Gasteiger partial charge in [0.05, 0.1) is 11.6 Å². The smallest absolute Gasteiger partial charge is 0.385 e. The highest BCUT2D eigenvalue weighted by Gasteiger charge is 2.41. The summed E-state index contributed by atoms with van der Waals surface area (Å²) < 4.78 is 74.7. The van der Waals surface area contributed by atoms with E-state index in [-0.39, 0.29) is 24.2 Å². The van der Waals surface area contributed by atoms with Gasteiger partial charge in [0, 0.05) is 12.2 Å². The molecular formula is C12H10F6N2O. The molecule has 1 atom stereocenters. The minimum Gasteiger partial charge on any atom is -0.385 e. The number of carbonyl (C=O) groups excluding carboxylic acids is 1. The second-order valence-corrected chi connectivity index (χ2v) is 4.54. The zero-order valence-electron chi connectivity index (χ0n) is 10.4. The fourth-order valence-corrected chi connectivity index (χ4v) is 2.09. The van der Waals surface area contributed by atoms with Crippen molar-refractivity contribution < 1.29 is 31.1 Å². The third-order valence-electron chi connectivity index (χ3n) is 3.07. The van der Waals surface area contributed by atoms with Crippen molar-refractivity contribution in [3.63, 3.8) is 0 Å². The normalized spacial score (nSPS) is 18.7. The van der Waals surface area contributed by atoms with Gasteiger partial charge >= 0.3 is 18.3 Å². The molecule has 3 nitrogen and oxygen atoms in total. The van der Waals surface area contributed by atoms with Crippen LogP contribution in [0.2, 0.25) is 0 Å². The molecule has 9 heteroatoms. The summed E-state index contributed by atoms with van der Waals surface area (Å²) in [6.07, 6.45) is -9.62. The molecule has 0 unspecified atom stereocenters. The van der Waals surface area contributed by atoms with Crippen molar-refractivity contribution in [2.75, 3.05) is 11.9 Å². The lowest BCUT2D eigenvalue weighted by Gasteiger charge is -2.28. The van der Waals surface area contributed by atoms with E-state index in [1.807, 2.05) is 0 Å². The Morgan fingerprint density at radius 2 is 1.86 bits per heavy atom. The average Bonchev–Trinajstić information content (AvgIpc) is 2.36. The standard InChI is InChI=1S/C12H10F6N2O/c13-11(14,15)6-1-2-8-7(5-6)9(3-4-19-8)20-10(21)12(16,17)18/h1-2,5,9,19H,3-4H2,(H,20,21)/t9-/m0/s1. The van der Waals surface area contributed by atoms with Crippen LogP contribution >= 0.6 is 0 Å². The molecule has 2 rings (SSSR count). The van der Waals surface area contributed by atoms with Crippen LogP contribution in [0.4, 0.5) is 32.0 Å². The number of hydrogen-bond donors (Lipinski definition) is 2. The van der Waals surface area contributed by atoms with Gasteiger partial charge in [0.1, 0.15) is 0 Å². The lowest BCUT2D eigenvalue weighted by Crippen LogP contribution is -2.41. The molecule has 0 aromatic heterocycles. The number of anilines is 1. The van der Waals surface area contributed by atoms with Gasteiger partial charge in [-0.05, 0) is 30.2 Å². The lowest BCUT2D eigenvalue weighted by atomic mass is 9.95. The van der Waals surface area contributed by atoms with Crippen LogP contribution in [-0.2, 0) is 11.0 Å². The predicted octanol–water partition coefficient (Wildman–Crippen LogP) is 3.24. The van der Waals surface area contributed by atoms with Crippen molar-refractivity contribution >= 4 is 11.6 Å². The van der Waals surface area contributed by atoms with Crippen molar-refractivity contribution in [2.45, 2.75) is 24.8 Å². The number of alkyl halides is 6. The molecule has 0 radical (unpaired) electrons. The molecule has 0 aliphatic carbocycles. The van der Waals surface area contributed by atoms with Crippen LogP contribution in [0.25, 0.3) is 0 Å². The second kappa shape index (κ2) is 5.12. The molecule has 1 aliphatic rings. The molecule has 21 heavy (non-hydrogen) atoms. The predicted molar refractivity (Wildman–Crippen MR) is 61.5 cm³/mol. The molecule has 0 spiro atoms. The minimum absolute atomic E-state index is 0.00586. The number of halogens is 6. The number of hydrogen-bond acceptors (Lipinski definition) is 2. The molecule has 1 heterocycles. The molecule has 1 aromatic carbocycles. The van der Waals surface area contributed by atoms with E-state index in [0.717, 1.165) is 18.2 Å². The summed E-state index contributed by atoms with van der Waals surface area (Å²) in [7, 11) is 0. The summed E-state index contributed by atoms with van der Waals surface area (Å²) in [6.45, 7) is 0.251. The maximum Gasteiger partial charge on any atom is 0.471 e. The van der Waals surface area contributed by atoms with Crippen LogP contribution in [0.1, 0.15) is 23.6 Å². The van der Waals surface area contributed by atoms with Crippen LogP contribution < -0.4 is 10.6 Å². The Morgan fingerprint density at radius 3 is 2.43 bits per heavy atom. The molecule has 1 aromatic rings. The number of nitrogens with one attached hydrogen (secondary N) is 2. The van der Waals surface area contributed by atoms with Crippen molar-refractivity contribution in [1.29, 1.82) is 0 Å². The second-order valence-electron chi connectivity index (χ2n) is 4.54. The average molecular weight is 312 g/mol. The minimum atomic E-state index is -5.08. The lowest BCUT2D eigenvalue weighted by molar-refractivity contribution is -0.174. The van der Waals surface area contributed by atoms with Crippen molar-refractivity contribution in [3.8, 4) is 0 Å². The topological polar surface area (TPSA) is 41.1 Å². The Labute approximate surface area is 115 Å².